The molecule has 1 saturated heterocycles. The van der Waals surface area contributed by atoms with Crippen LogP contribution in [0.4, 0.5) is 0 Å². The lowest BCUT2D eigenvalue weighted by molar-refractivity contribution is -0.302. The molecule has 0 spiro atoms. The van der Waals surface area contributed by atoms with Gasteiger partial charge < -0.3 is 45.1 Å². The van der Waals surface area contributed by atoms with Crippen molar-refractivity contribution >= 4 is 11.9 Å². The van der Waals surface area contributed by atoms with Gasteiger partial charge in [-0.15, -0.1) is 0 Å². The maximum atomic E-state index is 13.1. The molecule has 91 heavy (non-hydrogen) atoms. The Labute approximate surface area is 562 Å². The van der Waals surface area contributed by atoms with Crippen LogP contribution >= 0.6 is 0 Å². The molecule has 1 aliphatic rings. The predicted octanol–water partition coefficient (Wildman–Crippen LogP) is 21.5. The van der Waals surface area contributed by atoms with Crippen LogP contribution in [0.3, 0.4) is 0 Å². The molecule has 0 bridgehead atoms. The summed E-state index contributed by atoms with van der Waals surface area (Å²) in [6, 6.07) is -0.807. The predicted molar refractivity (Wildman–Crippen MR) is 384 cm³/mol. The zero-order chi connectivity index (χ0) is 65.8. The van der Waals surface area contributed by atoms with Crippen LogP contribution in [0.25, 0.3) is 0 Å². The van der Waals surface area contributed by atoms with Crippen molar-refractivity contribution in [3.05, 3.63) is 24.3 Å². The Kier molecular flexibility index (Phi) is 66.6. The van der Waals surface area contributed by atoms with E-state index in [1.54, 1.807) is 6.08 Å². The number of esters is 1. The molecule has 538 valence electrons. The van der Waals surface area contributed by atoms with Gasteiger partial charge in [0.25, 0.3) is 0 Å². The molecule has 1 amide bonds. The number of rotatable bonds is 72. The summed E-state index contributed by atoms with van der Waals surface area (Å²) in [5, 5.41) is 54.6. The summed E-state index contributed by atoms with van der Waals surface area (Å²) in [6.07, 6.45) is 79.2. The molecule has 0 aromatic rings. The highest BCUT2D eigenvalue weighted by molar-refractivity contribution is 5.76. The molecule has 1 rings (SSSR count). The maximum Gasteiger partial charge on any atom is 0.305 e. The number of unbranched alkanes of at least 4 members (excludes halogenated alkanes) is 56. The molecule has 1 heterocycles. The molecule has 0 saturated carbocycles. The molecule has 0 aromatic carbocycles. The van der Waals surface area contributed by atoms with Crippen LogP contribution in [0.2, 0.25) is 0 Å². The van der Waals surface area contributed by atoms with Crippen LogP contribution in [0.15, 0.2) is 24.3 Å². The van der Waals surface area contributed by atoms with E-state index in [4.69, 9.17) is 14.2 Å². The van der Waals surface area contributed by atoms with Gasteiger partial charge in [0.05, 0.1) is 32.0 Å². The van der Waals surface area contributed by atoms with Crippen molar-refractivity contribution in [1.29, 1.82) is 0 Å². The first-order chi connectivity index (χ1) is 44.7. The first-order valence-electron chi connectivity index (χ1n) is 40.1. The van der Waals surface area contributed by atoms with Gasteiger partial charge in [-0.25, -0.2) is 0 Å². The molecule has 1 fully saturated rings. The third-order valence-electron chi connectivity index (χ3n) is 19.3. The van der Waals surface area contributed by atoms with Crippen molar-refractivity contribution < 1.29 is 49.3 Å². The number of hydrogen-bond donors (Lipinski definition) is 6. The van der Waals surface area contributed by atoms with Crippen LogP contribution < -0.4 is 5.32 Å². The fraction of sp³-hybridized carbons (Fsp3) is 0.925. The Bertz CT molecular complexity index is 1560. The molecule has 11 nitrogen and oxygen atoms in total. The van der Waals surface area contributed by atoms with E-state index < -0.39 is 49.5 Å². The van der Waals surface area contributed by atoms with Crippen molar-refractivity contribution in [2.45, 2.75) is 455 Å². The second-order valence-electron chi connectivity index (χ2n) is 28.1. The van der Waals surface area contributed by atoms with Gasteiger partial charge in [0.15, 0.2) is 6.29 Å². The minimum Gasteiger partial charge on any atom is -0.466 e. The Balaban J connectivity index is 1.91. The van der Waals surface area contributed by atoms with Crippen LogP contribution in [-0.2, 0) is 23.8 Å². The van der Waals surface area contributed by atoms with E-state index in [1.807, 2.05) is 6.08 Å². The number of amides is 1. The Morgan fingerprint density at radius 2 is 0.703 bits per heavy atom. The number of aliphatic hydroxyl groups excluding tert-OH is 5. The van der Waals surface area contributed by atoms with Crippen molar-refractivity contribution in [1.82, 2.24) is 5.32 Å². The van der Waals surface area contributed by atoms with Crippen LogP contribution in [-0.4, -0.2) is 100 Å². The van der Waals surface area contributed by atoms with Crippen LogP contribution in [0.1, 0.15) is 412 Å². The van der Waals surface area contributed by atoms with Gasteiger partial charge in [0, 0.05) is 12.8 Å². The Morgan fingerprint density at radius 3 is 1.05 bits per heavy atom. The lowest BCUT2D eigenvalue weighted by Gasteiger charge is -2.40. The summed E-state index contributed by atoms with van der Waals surface area (Å²) in [5.74, 6) is -0.158. The minimum absolute atomic E-state index is 0.0168. The smallest absolute Gasteiger partial charge is 0.305 e. The zero-order valence-corrected chi connectivity index (χ0v) is 60.1. The topological polar surface area (TPSA) is 175 Å². The van der Waals surface area contributed by atoms with Crippen molar-refractivity contribution in [2.24, 2.45) is 0 Å². The van der Waals surface area contributed by atoms with Gasteiger partial charge in [-0.1, -0.05) is 366 Å². The SMILES string of the molecule is CCCCCCCCCCCCCC/C=C/C(O)C(COC1OC(CO)C(O)C(O)C1O)NC(=O)CCCCCCCCCCCCCCCCCCC/C=C\CCCCCCCCCCCCCCCCCCOC(=O)CCCCCCCCCCCCCC. The van der Waals surface area contributed by atoms with E-state index in [1.165, 1.54) is 334 Å². The third kappa shape index (κ3) is 58.1. The fourth-order valence-electron chi connectivity index (χ4n) is 13.0. The van der Waals surface area contributed by atoms with Crippen molar-refractivity contribution in [3.63, 3.8) is 0 Å². The van der Waals surface area contributed by atoms with E-state index in [0.717, 1.165) is 51.4 Å². The molecule has 0 aromatic heterocycles. The number of nitrogens with one attached hydrogen (secondary N) is 1. The molecule has 7 unspecified atom stereocenters. The lowest BCUT2D eigenvalue weighted by atomic mass is 9.99. The normalized spacial score (nSPS) is 17.6. The van der Waals surface area contributed by atoms with E-state index in [0.29, 0.717) is 19.4 Å². The average molecular weight is 1290 g/mol. The monoisotopic (exact) mass is 1290 g/mol. The van der Waals surface area contributed by atoms with Crippen molar-refractivity contribution in [2.75, 3.05) is 19.8 Å². The summed E-state index contributed by atoms with van der Waals surface area (Å²) < 4.78 is 16.8. The average Bonchev–Trinajstić information content (AvgIpc) is 2.21. The molecular weight excluding hydrogens is 1130 g/mol. The minimum atomic E-state index is -1.57. The maximum absolute atomic E-state index is 13.1. The quantitative estimate of drug-likeness (QED) is 0.0195. The van der Waals surface area contributed by atoms with Gasteiger partial charge in [-0.2, -0.15) is 0 Å². The van der Waals surface area contributed by atoms with E-state index in [-0.39, 0.29) is 18.5 Å². The molecule has 0 radical (unpaired) electrons. The summed E-state index contributed by atoms with van der Waals surface area (Å²) in [4.78, 5) is 25.1. The standard InChI is InChI=1S/C80H153NO10/c1-3-5-7-9-11-13-15-17-43-46-50-54-58-62-66-73(83)72(71-90-80-79(88)78(87)77(86)74(70-82)91-80)81-75(84)67-63-59-55-51-47-44-41-39-37-35-33-31-29-27-25-23-21-19-18-20-22-24-26-28-30-32-34-36-38-40-42-45-49-53-57-61-65-69-89-76(85)68-64-60-56-52-48-16-14-12-10-8-6-4-2/h18,20,62,66,72-74,77-80,82-83,86-88H,3-17,19,21-61,63-65,67-71H2,1-2H3,(H,81,84)/b20-18-,66-62+. The summed E-state index contributed by atoms with van der Waals surface area (Å²) >= 11 is 0. The number of carbonyl (C=O) groups excluding carboxylic acids is 2. The lowest BCUT2D eigenvalue weighted by Crippen LogP contribution is -2.60. The van der Waals surface area contributed by atoms with Crippen molar-refractivity contribution in [3.8, 4) is 0 Å². The molecule has 7 atom stereocenters. The second-order valence-corrected chi connectivity index (χ2v) is 28.1. The van der Waals surface area contributed by atoms with Gasteiger partial charge in [0.1, 0.15) is 24.4 Å². The van der Waals surface area contributed by atoms with E-state index in [2.05, 4.69) is 31.3 Å². The largest absolute Gasteiger partial charge is 0.466 e. The molecular formula is C80H153NO10. The third-order valence-corrected chi connectivity index (χ3v) is 19.3. The molecule has 6 N–H and O–H groups in total. The summed E-state index contributed by atoms with van der Waals surface area (Å²) in [5.41, 5.74) is 0. The Morgan fingerprint density at radius 1 is 0.396 bits per heavy atom. The van der Waals surface area contributed by atoms with Crippen LogP contribution in [0, 0.1) is 0 Å². The summed E-state index contributed by atoms with van der Waals surface area (Å²) in [6.45, 7) is 4.40. The number of hydrogen-bond acceptors (Lipinski definition) is 10. The van der Waals surface area contributed by atoms with Gasteiger partial charge in [-0.3, -0.25) is 9.59 Å². The Hall–Kier alpha value is -1.86. The van der Waals surface area contributed by atoms with Gasteiger partial charge in [-0.05, 0) is 57.8 Å². The highest BCUT2D eigenvalue weighted by atomic mass is 16.7. The highest BCUT2D eigenvalue weighted by Gasteiger charge is 2.44. The molecule has 1 aliphatic heterocycles. The second kappa shape index (κ2) is 69.5. The van der Waals surface area contributed by atoms with Crippen LogP contribution in [0.5, 0.6) is 0 Å². The fourth-order valence-corrected chi connectivity index (χ4v) is 13.0. The highest BCUT2D eigenvalue weighted by Crippen LogP contribution is 2.24. The number of aliphatic hydroxyl groups is 5. The zero-order valence-electron chi connectivity index (χ0n) is 60.1. The van der Waals surface area contributed by atoms with E-state index >= 15 is 0 Å². The number of carbonyl (C=O) groups is 2. The molecule has 0 aliphatic carbocycles. The van der Waals surface area contributed by atoms with Gasteiger partial charge >= 0.3 is 5.97 Å². The molecule has 11 heteroatoms. The van der Waals surface area contributed by atoms with E-state index in [9.17, 15) is 35.1 Å². The first-order valence-corrected chi connectivity index (χ1v) is 40.1. The first kappa shape index (κ1) is 87.2. The summed E-state index contributed by atoms with van der Waals surface area (Å²) in [7, 11) is 0. The van der Waals surface area contributed by atoms with Gasteiger partial charge in [0.2, 0.25) is 5.91 Å². The number of allylic oxidation sites excluding steroid dienone is 3. The number of ether oxygens (including phenoxy) is 3.